The van der Waals surface area contributed by atoms with Gasteiger partial charge in [0.25, 0.3) is 0 Å². The van der Waals surface area contributed by atoms with Crippen LogP contribution in [0.2, 0.25) is 0 Å². The van der Waals surface area contributed by atoms with Crippen LogP contribution in [0.3, 0.4) is 0 Å². The summed E-state index contributed by atoms with van der Waals surface area (Å²) < 4.78 is 14.8. The van der Waals surface area contributed by atoms with Crippen molar-refractivity contribution in [1.82, 2.24) is 24.7 Å². The number of rotatable bonds is 7. The highest BCUT2D eigenvalue weighted by Crippen LogP contribution is 2.22. The lowest BCUT2D eigenvalue weighted by Gasteiger charge is -2.06. The Balaban J connectivity index is 1.53. The first kappa shape index (κ1) is 20.3. The zero-order valence-electron chi connectivity index (χ0n) is 15.6. The normalized spacial score (nSPS) is 10.9. The van der Waals surface area contributed by atoms with Crippen molar-refractivity contribution >= 4 is 35.1 Å². The summed E-state index contributed by atoms with van der Waals surface area (Å²) in [5.74, 6) is 0.988. The molecule has 0 aliphatic carbocycles. The molecule has 0 bridgehead atoms. The van der Waals surface area contributed by atoms with Crippen molar-refractivity contribution in [1.29, 1.82) is 0 Å². The van der Waals surface area contributed by atoms with Gasteiger partial charge in [-0.15, -0.1) is 10.2 Å². The number of carbonyl (C=O) groups excluding carboxylic acids is 1. The molecule has 3 rings (SSSR count). The van der Waals surface area contributed by atoms with Crippen LogP contribution >= 0.6 is 23.5 Å². The van der Waals surface area contributed by atoms with Crippen molar-refractivity contribution < 1.29 is 9.18 Å². The number of hydrogen-bond donors (Lipinski definition) is 1. The first-order chi connectivity index (χ1) is 13.4. The maximum absolute atomic E-state index is 12.9. The second-order valence-corrected chi connectivity index (χ2v) is 7.91. The van der Waals surface area contributed by atoms with Crippen LogP contribution in [0.1, 0.15) is 17.2 Å². The van der Waals surface area contributed by atoms with Gasteiger partial charge in [0, 0.05) is 24.1 Å². The third-order valence-electron chi connectivity index (χ3n) is 3.68. The summed E-state index contributed by atoms with van der Waals surface area (Å²) in [4.78, 5) is 20.9. The molecule has 0 saturated carbocycles. The first-order valence-electron chi connectivity index (χ1n) is 8.42. The van der Waals surface area contributed by atoms with Crippen molar-refractivity contribution in [2.75, 3.05) is 11.1 Å². The molecular weight excluding hydrogens is 399 g/mol. The Kier molecular flexibility index (Phi) is 6.63. The van der Waals surface area contributed by atoms with Crippen molar-refractivity contribution in [2.45, 2.75) is 29.9 Å². The Hall–Kier alpha value is -2.46. The van der Waals surface area contributed by atoms with Crippen LogP contribution in [0.25, 0.3) is 0 Å². The predicted octanol–water partition coefficient (Wildman–Crippen LogP) is 3.38. The fourth-order valence-corrected chi connectivity index (χ4v) is 4.00. The lowest BCUT2D eigenvalue weighted by Crippen LogP contribution is -2.14. The third kappa shape index (κ3) is 5.52. The zero-order valence-corrected chi connectivity index (χ0v) is 17.3. The number of hydrogen-bond acceptors (Lipinski definition) is 7. The number of halogens is 1. The van der Waals surface area contributed by atoms with Crippen LogP contribution in [0.4, 0.5) is 10.1 Å². The molecule has 28 heavy (non-hydrogen) atoms. The summed E-state index contributed by atoms with van der Waals surface area (Å²) in [6.45, 7) is 3.87. The van der Waals surface area contributed by atoms with Crippen molar-refractivity contribution in [2.24, 2.45) is 7.05 Å². The van der Waals surface area contributed by atoms with Gasteiger partial charge in [0.2, 0.25) is 5.91 Å². The number of anilines is 1. The summed E-state index contributed by atoms with van der Waals surface area (Å²) in [7, 11) is 1.86. The van der Waals surface area contributed by atoms with E-state index in [1.54, 1.807) is 0 Å². The second kappa shape index (κ2) is 9.16. The van der Waals surface area contributed by atoms with E-state index in [-0.39, 0.29) is 17.5 Å². The molecule has 1 amide bonds. The maximum atomic E-state index is 12.9. The molecule has 0 radical (unpaired) electrons. The fraction of sp³-hybridized carbons (Fsp3) is 0.278. The van der Waals surface area contributed by atoms with Crippen molar-refractivity contribution in [3.8, 4) is 0 Å². The minimum Gasteiger partial charge on any atom is -0.325 e. The molecule has 0 aliphatic heterocycles. The molecule has 0 unspecified atom stereocenters. The molecule has 2 heterocycles. The van der Waals surface area contributed by atoms with Gasteiger partial charge in [-0.25, -0.2) is 14.4 Å². The molecule has 0 fully saturated rings. The van der Waals surface area contributed by atoms with Gasteiger partial charge in [0.1, 0.15) is 11.6 Å². The quantitative estimate of drug-likeness (QED) is 0.465. The summed E-state index contributed by atoms with van der Waals surface area (Å²) in [5, 5.41) is 12.4. The third-order valence-corrected chi connectivity index (χ3v) is 5.54. The average molecular weight is 419 g/mol. The number of nitrogens with zero attached hydrogens (tertiary/aromatic N) is 5. The molecule has 1 aromatic carbocycles. The largest absolute Gasteiger partial charge is 0.325 e. The number of benzene rings is 1. The van der Waals surface area contributed by atoms with E-state index in [9.17, 15) is 9.18 Å². The summed E-state index contributed by atoms with van der Waals surface area (Å²) in [6.07, 6.45) is 0. The molecule has 0 aliphatic rings. The molecule has 3 aromatic rings. The van der Waals surface area contributed by atoms with E-state index >= 15 is 0 Å². The van der Waals surface area contributed by atoms with Gasteiger partial charge < -0.3 is 9.88 Å². The van der Waals surface area contributed by atoms with Gasteiger partial charge in [-0.05, 0) is 44.2 Å². The highest BCUT2D eigenvalue weighted by molar-refractivity contribution is 7.99. The first-order valence-corrected chi connectivity index (χ1v) is 10.4. The van der Waals surface area contributed by atoms with E-state index in [4.69, 9.17) is 0 Å². The van der Waals surface area contributed by atoms with Gasteiger partial charge in [0.05, 0.1) is 11.5 Å². The lowest BCUT2D eigenvalue weighted by atomic mass is 10.3. The number of aromatic nitrogens is 5. The highest BCUT2D eigenvalue weighted by atomic mass is 32.2. The van der Waals surface area contributed by atoms with Crippen LogP contribution in [0.15, 0.2) is 40.6 Å². The van der Waals surface area contributed by atoms with Gasteiger partial charge >= 0.3 is 0 Å². The monoisotopic (exact) mass is 418 g/mol. The van der Waals surface area contributed by atoms with E-state index in [1.807, 2.05) is 31.5 Å². The standard InChI is InChI=1S/C18H19FN6OS2/c1-11-8-12(2)21-17(20-11)27-9-15-23-24-18(25(15)3)28-10-16(26)22-14-6-4-13(19)5-7-14/h4-8H,9-10H2,1-3H3,(H,22,26). The molecule has 0 atom stereocenters. The Labute approximate surface area is 170 Å². The van der Waals surface area contributed by atoms with E-state index < -0.39 is 0 Å². The van der Waals surface area contributed by atoms with Crippen molar-refractivity contribution in [3.05, 3.63) is 53.4 Å². The number of carbonyl (C=O) groups is 1. The molecule has 0 spiro atoms. The van der Waals surface area contributed by atoms with Crippen LogP contribution in [-0.2, 0) is 17.6 Å². The van der Waals surface area contributed by atoms with E-state index in [2.05, 4.69) is 25.5 Å². The van der Waals surface area contributed by atoms with Gasteiger partial charge in [-0.1, -0.05) is 23.5 Å². The Bertz CT molecular complexity index is 956. The van der Waals surface area contributed by atoms with Crippen LogP contribution in [-0.4, -0.2) is 36.4 Å². The molecule has 0 saturated heterocycles. The summed E-state index contributed by atoms with van der Waals surface area (Å²) in [5.41, 5.74) is 2.41. The number of nitrogens with one attached hydrogen (secondary N) is 1. The van der Waals surface area contributed by atoms with Crippen LogP contribution in [0.5, 0.6) is 0 Å². The molecule has 10 heteroatoms. The molecular formula is C18H19FN6OS2. The molecule has 1 N–H and O–H groups in total. The summed E-state index contributed by atoms with van der Waals surface area (Å²) in [6, 6.07) is 7.57. The Morgan fingerprint density at radius 1 is 1.11 bits per heavy atom. The molecule has 2 aromatic heterocycles. The highest BCUT2D eigenvalue weighted by Gasteiger charge is 2.13. The number of amides is 1. The van der Waals surface area contributed by atoms with Gasteiger partial charge in [-0.2, -0.15) is 0 Å². The topological polar surface area (TPSA) is 85.6 Å². The SMILES string of the molecule is Cc1cc(C)nc(SCc2nnc(SCC(=O)Nc3ccc(F)cc3)n2C)n1. The zero-order chi connectivity index (χ0) is 20.1. The maximum Gasteiger partial charge on any atom is 0.234 e. The van der Waals surface area contributed by atoms with E-state index in [0.717, 1.165) is 17.2 Å². The molecule has 7 nitrogen and oxygen atoms in total. The van der Waals surface area contributed by atoms with Gasteiger partial charge in [0.15, 0.2) is 10.3 Å². The smallest absolute Gasteiger partial charge is 0.234 e. The summed E-state index contributed by atoms with van der Waals surface area (Å²) >= 11 is 2.78. The second-order valence-electron chi connectivity index (χ2n) is 6.02. The number of thioether (sulfide) groups is 2. The van der Waals surface area contributed by atoms with Gasteiger partial charge in [-0.3, -0.25) is 4.79 Å². The Morgan fingerprint density at radius 2 is 1.79 bits per heavy atom. The van der Waals surface area contributed by atoms with E-state index in [1.165, 1.54) is 47.8 Å². The fourth-order valence-electron chi connectivity index (χ4n) is 2.34. The lowest BCUT2D eigenvalue weighted by molar-refractivity contribution is -0.113. The van der Waals surface area contributed by atoms with Crippen LogP contribution in [0, 0.1) is 19.7 Å². The molecule has 146 valence electrons. The van der Waals surface area contributed by atoms with Crippen LogP contribution < -0.4 is 5.32 Å². The minimum atomic E-state index is -0.344. The van der Waals surface area contributed by atoms with Crippen molar-refractivity contribution in [3.63, 3.8) is 0 Å². The Morgan fingerprint density at radius 3 is 2.46 bits per heavy atom. The van der Waals surface area contributed by atoms with E-state index in [0.29, 0.717) is 21.8 Å². The predicted molar refractivity (Wildman–Crippen MR) is 108 cm³/mol. The number of aryl methyl sites for hydroxylation is 2. The average Bonchev–Trinajstić information content (AvgIpc) is 2.99. The minimum absolute atomic E-state index is 0.177.